The molecule has 21 heavy (non-hydrogen) atoms. The minimum atomic E-state index is -1.20. The van der Waals surface area contributed by atoms with Crippen LogP contribution in [0.1, 0.15) is 15.9 Å². The van der Waals surface area contributed by atoms with E-state index in [1.807, 2.05) is 0 Å². The lowest BCUT2D eigenvalue weighted by Crippen LogP contribution is -2.08. The van der Waals surface area contributed by atoms with Crippen molar-refractivity contribution in [3.05, 3.63) is 71.2 Å². The molecule has 0 N–H and O–H groups in total. The second-order valence-corrected chi connectivity index (χ2v) is 4.74. The molecule has 0 spiro atoms. The molecular formula is C16H10F3NO. The molecule has 0 aliphatic carbocycles. The maximum absolute atomic E-state index is 13.7. The molecule has 3 aromatic rings. The fourth-order valence-electron chi connectivity index (χ4n) is 2.42. The standard InChI is InChI=1S/C16H10F3NO/c1-20-8-11(10-4-2-3-5-14(10)20)16(21)15-12(18)6-9(17)7-13(15)19/h2-8H,1H3. The van der Waals surface area contributed by atoms with E-state index in [-0.39, 0.29) is 5.56 Å². The van der Waals surface area contributed by atoms with Crippen molar-refractivity contribution in [2.24, 2.45) is 7.05 Å². The molecular weight excluding hydrogens is 279 g/mol. The van der Waals surface area contributed by atoms with Gasteiger partial charge in [0.1, 0.15) is 17.5 Å². The molecule has 0 bridgehead atoms. The Morgan fingerprint density at radius 2 is 1.67 bits per heavy atom. The van der Waals surface area contributed by atoms with Crippen LogP contribution in [0.4, 0.5) is 13.2 Å². The van der Waals surface area contributed by atoms with Crippen LogP contribution < -0.4 is 0 Å². The van der Waals surface area contributed by atoms with Crippen LogP contribution >= 0.6 is 0 Å². The number of benzene rings is 2. The Bertz CT molecular complexity index is 844. The number of rotatable bonds is 2. The molecule has 0 atom stereocenters. The van der Waals surface area contributed by atoms with Crippen molar-refractivity contribution in [3.8, 4) is 0 Å². The van der Waals surface area contributed by atoms with Crippen LogP contribution in [0.5, 0.6) is 0 Å². The van der Waals surface area contributed by atoms with Crippen molar-refractivity contribution in [2.75, 3.05) is 0 Å². The molecule has 0 amide bonds. The molecule has 1 aromatic heterocycles. The zero-order chi connectivity index (χ0) is 15.1. The minimum absolute atomic E-state index is 0.178. The minimum Gasteiger partial charge on any atom is -0.350 e. The quantitative estimate of drug-likeness (QED) is 0.657. The number of hydrogen-bond donors (Lipinski definition) is 0. The third-order valence-corrected chi connectivity index (χ3v) is 3.38. The molecule has 0 fully saturated rings. The van der Waals surface area contributed by atoms with Crippen LogP contribution in [-0.4, -0.2) is 10.4 Å². The number of halogens is 3. The van der Waals surface area contributed by atoms with Gasteiger partial charge in [-0.25, -0.2) is 13.2 Å². The van der Waals surface area contributed by atoms with Gasteiger partial charge in [-0.2, -0.15) is 0 Å². The van der Waals surface area contributed by atoms with Crippen molar-refractivity contribution in [2.45, 2.75) is 0 Å². The van der Waals surface area contributed by atoms with E-state index in [1.165, 1.54) is 6.20 Å². The first kappa shape index (κ1) is 13.4. The Morgan fingerprint density at radius 1 is 1.05 bits per heavy atom. The van der Waals surface area contributed by atoms with E-state index in [2.05, 4.69) is 0 Å². The lowest BCUT2D eigenvalue weighted by Gasteiger charge is -2.03. The highest BCUT2D eigenvalue weighted by Crippen LogP contribution is 2.25. The Hall–Kier alpha value is -2.56. The Balaban J connectivity index is 2.23. The third-order valence-electron chi connectivity index (χ3n) is 3.38. The summed E-state index contributed by atoms with van der Waals surface area (Å²) < 4.78 is 42.1. The van der Waals surface area contributed by atoms with Crippen molar-refractivity contribution >= 4 is 16.7 Å². The van der Waals surface area contributed by atoms with E-state index in [0.717, 1.165) is 5.52 Å². The van der Waals surface area contributed by atoms with Crippen LogP contribution in [-0.2, 0) is 7.05 Å². The molecule has 5 heteroatoms. The Morgan fingerprint density at radius 3 is 2.33 bits per heavy atom. The molecule has 2 nitrogen and oxygen atoms in total. The molecule has 2 aromatic carbocycles. The summed E-state index contributed by atoms with van der Waals surface area (Å²) in [5.74, 6) is -4.27. The molecule has 106 valence electrons. The summed E-state index contributed by atoms with van der Waals surface area (Å²) in [6.45, 7) is 0. The van der Waals surface area contributed by atoms with E-state index in [4.69, 9.17) is 0 Å². The predicted molar refractivity (Wildman–Crippen MR) is 72.7 cm³/mol. The predicted octanol–water partition coefficient (Wildman–Crippen LogP) is 3.83. The summed E-state index contributed by atoms with van der Waals surface area (Å²) in [5, 5.41) is 0.591. The maximum Gasteiger partial charge on any atom is 0.201 e. The average Bonchev–Trinajstić information content (AvgIpc) is 2.75. The number of carbonyl (C=O) groups is 1. The third kappa shape index (κ3) is 2.11. The van der Waals surface area contributed by atoms with E-state index in [9.17, 15) is 18.0 Å². The van der Waals surface area contributed by atoms with Crippen molar-refractivity contribution in [1.29, 1.82) is 0 Å². The van der Waals surface area contributed by atoms with Gasteiger partial charge >= 0.3 is 0 Å². The summed E-state index contributed by atoms with van der Waals surface area (Å²) in [6.07, 6.45) is 1.51. The highest BCUT2D eigenvalue weighted by atomic mass is 19.1. The van der Waals surface area contributed by atoms with Gasteiger partial charge in [0, 0.05) is 41.8 Å². The smallest absolute Gasteiger partial charge is 0.201 e. The largest absolute Gasteiger partial charge is 0.350 e. The maximum atomic E-state index is 13.7. The summed E-state index contributed by atoms with van der Waals surface area (Å²) in [6, 6.07) is 8.03. The van der Waals surface area contributed by atoms with Gasteiger partial charge in [-0.3, -0.25) is 4.79 Å². The van der Waals surface area contributed by atoms with Gasteiger partial charge in [-0.05, 0) is 6.07 Å². The molecule has 0 saturated carbocycles. The number of aryl methyl sites for hydroxylation is 1. The van der Waals surface area contributed by atoms with Gasteiger partial charge in [0.25, 0.3) is 0 Å². The number of para-hydroxylation sites is 1. The number of fused-ring (bicyclic) bond motifs is 1. The first-order chi connectivity index (χ1) is 9.99. The van der Waals surface area contributed by atoms with E-state index >= 15 is 0 Å². The van der Waals surface area contributed by atoms with Crippen LogP contribution in [0.25, 0.3) is 10.9 Å². The summed E-state index contributed by atoms with van der Waals surface area (Å²) in [4.78, 5) is 12.4. The van der Waals surface area contributed by atoms with Crippen LogP contribution in [0, 0.1) is 17.5 Å². The van der Waals surface area contributed by atoms with Gasteiger partial charge in [-0.1, -0.05) is 18.2 Å². The zero-order valence-electron chi connectivity index (χ0n) is 11.0. The lowest BCUT2D eigenvalue weighted by atomic mass is 10.0. The van der Waals surface area contributed by atoms with Gasteiger partial charge in [-0.15, -0.1) is 0 Å². The van der Waals surface area contributed by atoms with Gasteiger partial charge < -0.3 is 4.57 Å². The summed E-state index contributed by atoms with van der Waals surface area (Å²) in [5.41, 5.74) is 0.203. The van der Waals surface area contributed by atoms with Crippen molar-refractivity contribution in [3.63, 3.8) is 0 Å². The van der Waals surface area contributed by atoms with E-state index in [0.29, 0.717) is 17.5 Å². The fraction of sp³-hybridized carbons (Fsp3) is 0.0625. The van der Waals surface area contributed by atoms with Crippen molar-refractivity contribution in [1.82, 2.24) is 4.57 Å². The van der Waals surface area contributed by atoms with E-state index in [1.54, 1.807) is 35.9 Å². The van der Waals surface area contributed by atoms with Gasteiger partial charge in [0.15, 0.2) is 0 Å². The first-order valence-corrected chi connectivity index (χ1v) is 6.22. The number of hydrogen-bond acceptors (Lipinski definition) is 1. The second kappa shape index (κ2) is 4.77. The Labute approximate surface area is 118 Å². The number of aromatic nitrogens is 1. The molecule has 0 aliphatic heterocycles. The second-order valence-electron chi connectivity index (χ2n) is 4.74. The highest BCUT2D eigenvalue weighted by molar-refractivity contribution is 6.16. The average molecular weight is 289 g/mol. The first-order valence-electron chi connectivity index (χ1n) is 6.22. The fourth-order valence-corrected chi connectivity index (χ4v) is 2.42. The normalized spacial score (nSPS) is 11.0. The monoisotopic (exact) mass is 289 g/mol. The van der Waals surface area contributed by atoms with Crippen LogP contribution in [0.2, 0.25) is 0 Å². The van der Waals surface area contributed by atoms with E-state index < -0.39 is 28.8 Å². The van der Waals surface area contributed by atoms with Crippen LogP contribution in [0.15, 0.2) is 42.6 Å². The summed E-state index contributed by atoms with van der Waals surface area (Å²) >= 11 is 0. The molecule has 0 saturated heterocycles. The molecule has 0 aliphatic rings. The van der Waals surface area contributed by atoms with Gasteiger partial charge in [0.2, 0.25) is 5.78 Å². The number of nitrogens with zero attached hydrogens (tertiary/aromatic N) is 1. The molecule has 0 radical (unpaired) electrons. The number of ketones is 1. The SMILES string of the molecule is Cn1cc(C(=O)c2c(F)cc(F)cc2F)c2ccccc21. The zero-order valence-corrected chi connectivity index (χ0v) is 11.0. The lowest BCUT2D eigenvalue weighted by molar-refractivity contribution is 0.103. The van der Waals surface area contributed by atoms with Crippen LogP contribution in [0.3, 0.4) is 0 Å². The topological polar surface area (TPSA) is 22.0 Å². The van der Waals surface area contributed by atoms with Crippen molar-refractivity contribution < 1.29 is 18.0 Å². The molecule has 1 heterocycles. The highest BCUT2D eigenvalue weighted by Gasteiger charge is 2.23. The van der Waals surface area contributed by atoms with Gasteiger partial charge in [0.05, 0.1) is 5.56 Å². The molecule has 0 unspecified atom stereocenters. The molecule has 3 rings (SSSR count). The number of carbonyl (C=O) groups excluding carboxylic acids is 1. The summed E-state index contributed by atoms with van der Waals surface area (Å²) in [7, 11) is 1.73. The Kier molecular flexibility index (Phi) is 3.05.